The van der Waals surface area contributed by atoms with Crippen molar-refractivity contribution in [2.45, 2.75) is 12.5 Å². The molecule has 1 aromatic carbocycles. The lowest BCUT2D eigenvalue weighted by Crippen LogP contribution is -2.45. The fourth-order valence-electron chi connectivity index (χ4n) is 1.42. The van der Waals surface area contributed by atoms with Gasteiger partial charge in [-0.2, -0.15) is 0 Å². The first-order chi connectivity index (χ1) is 8.56. The van der Waals surface area contributed by atoms with Crippen LogP contribution in [-0.2, 0) is 16.0 Å². The molecule has 0 aliphatic heterocycles. The summed E-state index contributed by atoms with van der Waals surface area (Å²) in [6, 6.07) is 6.34. The van der Waals surface area contributed by atoms with Crippen LogP contribution in [0.25, 0.3) is 0 Å². The van der Waals surface area contributed by atoms with E-state index in [2.05, 4.69) is 10.1 Å². The summed E-state index contributed by atoms with van der Waals surface area (Å²) < 4.78 is 9.45. The largest absolute Gasteiger partial charge is 0.497 e. The second kappa shape index (κ2) is 6.48. The van der Waals surface area contributed by atoms with E-state index in [4.69, 9.17) is 10.5 Å². The highest BCUT2D eigenvalue weighted by Gasteiger charge is 2.18. The Morgan fingerprint density at radius 3 is 2.33 bits per heavy atom. The van der Waals surface area contributed by atoms with Crippen LogP contribution in [0.5, 0.6) is 5.75 Å². The van der Waals surface area contributed by atoms with Crippen molar-refractivity contribution in [1.82, 2.24) is 5.32 Å². The Morgan fingerprint density at radius 1 is 1.28 bits per heavy atom. The summed E-state index contributed by atoms with van der Waals surface area (Å²) >= 11 is 0. The molecule has 1 aromatic rings. The molecule has 0 heterocycles. The number of primary amides is 1. The minimum Gasteiger partial charge on any atom is -0.497 e. The molecule has 98 valence electrons. The third kappa shape index (κ3) is 3.97. The molecule has 0 aliphatic carbocycles. The standard InChI is InChI=1S/C12H16N2O4/c1-17-9-5-3-8(4-6-9)7-10(11(13)15)14-12(16)18-2/h3-6,10H,7H2,1-2H3,(H2,13,15)(H,14,16). The van der Waals surface area contributed by atoms with Gasteiger partial charge in [-0.25, -0.2) is 4.79 Å². The number of methoxy groups -OCH3 is 2. The number of nitrogens with two attached hydrogens (primary N) is 1. The predicted octanol–water partition coefficient (Wildman–Crippen LogP) is 0.448. The Kier molecular flexibility index (Phi) is 4.98. The molecular formula is C12H16N2O4. The Balaban J connectivity index is 2.70. The topological polar surface area (TPSA) is 90.7 Å². The van der Waals surface area contributed by atoms with Crippen molar-refractivity contribution >= 4 is 12.0 Å². The average molecular weight is 252 g/mol. The van der Waals surface area contributed by atoms with E-state index in [1.54, 1.807) is 31.4 Å². The molecule has 1 unspecified atom stereocenters. The third-order valence-corrected chi connectivity index (χ3v) is 2.42. The molecule has 0 saturated carbocycles. The van der Waals surface area contributed by atoms with E-state index >= 15 is 0 Å². The van der Waals surface area contributed by atoms with Crippen molar-refractivity contribution in [3.8, 4) is 5.75 Å². The average Bonchev–Trinajstić information content (AvgIpc) is 2.38. The van der Waals surface area contributed by atoms with E-state index in [1.807, 2.05) is 0 Å². The lowest BCUT2D eigenvalue weighted by molar-refractivity contribution is -0.119. The number of carbonyl (C=O) groups is 2. The van der Waals surface area contributed by atoms with E-state index in [9.17, 15) is 9.59 Å². The molecule has 1 rings (SSSR count). The summed E-state index contributed by atoms with van der Waals surface area (Å²) in [4.78, 5) is 22.3. The zero-order chi connectivity index (χ0) is 13.5. The Hall–Kier alpha value is -2.24. The number of benzene rings is 1. The highest BCUT2D eigenvalue weighted by atomic mass is 16.5. The number of hydrogen-bond donors (Lipinski definition) is 2. The van der Waals surface area contributed by atoms with E-state index in [0.29, 0.717) is 6.42 Å². The van der Waals surface area contributed by atoms with Crippen molar-refractivity contribution in [2.24, 2.45) is 5.73 Å². The van der Waals surface area contributed by atoms with Crippen molar-refractivity contribution in [3.05, 3.63) is 29.8 Å². The fraction of sp³-hybridized carbons (Fsp3) is 0.333. The number of carbonyl (C=O) groups excluding carboxylic acids is 2. The number of alkyl carbamates (subject to hydrolysis) is 1. The van der Waals surface area contributed by atoms with Crippen molar-refractivity contribution < 1.29 is 19.1 Å². The highest BCUT2D eigenvalue weighted by Crippen LogP contribution is 2.12. The fourth-order valence-corrected chi connectivity index (χ4v) is 1.42. The van der Waals surface area contributed by atoms with Gasteiger partial charge in [0.2, 0.25) is 5.91 Å². The number of nitrogens with one attached hydrogen (secondary N) is 1. The third-order valence-electron chi connectivity index (χ3n) is 2.42. The molecule has 0 aliphatic rings. The van der Waals surface area contributed by atoms with E-state index in [0.717, 1.165) is 11.3 Å². The molecule has 3 N–H and O–H groups in total. The summed E-state index contributed by atoms with van der Waals surface area (Å²) in [7, 11) is 2.79. The maximum atomic E-state index is 11.2. The number of hydrogen-bond acceptors (Lipinski definition) is 4. The Bertz CT molecular complexity index is 417. The lowest BCUT2D eigenvalue weighted by Gasteiger charge is -2.14. The van der Waals surface area contributed by atoms with Crippen molar-refractivity contribution in [1.29, 1.82) is 0 Å². The van der Waals surface area contributed by atoms with Gasteiger partial charge >= 0.3 is 6.09 Å². The maximum absolute atomic E-state index is 11.2. The second-order valence-electron chi connectivity index (χ2n) is 3.64. The molecule has 1 atom stereocenters. The molecule has 18 heavy (non-hydrogen) atoms. The maximum Gasteiger partial charge on any atom is 0.407 e. The molecule has 0 fully saturated rings. The van der Waals surface area contributed by atoms with Crippen LogP contribution in [0, 0.1) is 0 Å². The smallest absolute Gasteiger partial charge is 0.407 e. The first-order valence-corrected chi connectivity index (χ1v) is 5.33. The van der Waals surface area contributed by atoms with Crippen LogP contribution in [0.15, 0.2) is 24.3 Å². The molecule has 0 radical (unpaired) electrons. The van der Waals surface area contributed by atoms with Crippen LogP contribution < -0.4 is 15.8 Å². The van der Waals surface area contributed by atoms with Gasteiger partial charge < -0.3 is 20.5 Å². The summed E-state index contributed by atoms with van der Waals surface area (Å²) in [5.74, 6) is 0.103. The van der Waals surface area contributed by atoms with E-state index in [1.165, 1.54) is 7.11 Å². The molecule has 0 saturated heterocycles. The van der Waals surface area contributed by atoms with E-state index < -0.39 is 18.0 Å². The van der Waals surface area contributed by atoms with E-state index in [-0.39, 0.29) is 0 Å². The van der Waals surface area contributed by atoms with Crippen LogP contribution in [0.3, 0.4) is 0 Å². The number of amides is 2. The first kappa shape index (κ1) is 13.8. The second-order valence-corrected chi connectivity index (χ2v) is 3.64. The zero-order valence-corrected chi connectivity index (χ0v) is 10.3. The van der Waals surface area contributed by atoms with Crippen LogP contribution in [0.4, 0.5) is 4.79 Å². The van der Waals surface area contributed by atoms with Gasteiger partial charge in [0.15, 0.2) is 0 Å². The molecule has 2 amide bonds. The van der Waals surface area contributed by atoms with Crippen LogP contribution in [0.2, 0.25) is 0 Å². The molecule has 0 aromatic heterocycles. The predicted molar refractivity (Wildman–Crippen MR) is 65.2 cm³/mol. The molecule has 0 bridgehead atoms. The minimum absolute atomic E-state index is 0.300. The number of rotatable bonds is 5. The van der Waals surface area contributed by atoms with Gasteiger partial charge in [-0.1, -0.05) is 12.1 Å². The Labute approximate surface area is 105 Å². The van der Waals surface area contributed by atoms with Crippen LogP contribution in [-0.4, -0.2) is 32.3 Å². The quantitative estimate of drug-likeness (QED) is 0.796. The zero-order valence-electron chi connectivity index (χ0n) is 10.3. The molecule has 0 spiro atoms. The minimum atomic E-state index is -0.800. The van der Waals surface area contributed by atoms with Crippen LogP contribution in [0.1, 0.15) is 5.56 Å². The summed E-state index contributed by atoms with van der Waals surface area (Å²) in [6.45, 7) is 0. The van der Waals surface area contributed by atoms with Gasteiger partial charge in [0, 0.05) is 6.42 Å². The highest BCUT2D eigenvalue weighted by molar-refractivity contribution is 5.84. The van der Waals surface area contributed by atoms with Gasteiger partial charge in [0.25, 0.3) is 0 Å². The normalized spacial score (nSPS) is 11.4. The van der Waals surface area contributed by atoms with Crippen LogP contribution >= 0.6 is 0 Å². The number of ether oxygens (including phenoxy) is 2. The summed E-state index contributed by atoms with van der Waals surface area (Å²) in [5, 5.41) is 2.38. The van der Waals surface area contributed by atoms with Gasteiger partial charge in [-0.3, -0.25) is 4.79 Å². The molecular weight excluding hydrogens is 236 g/mol. The summed E-state index contributed by atoms with van der Waals surface area (Å²) in [6.07, 6.45) is -0.388. The SMILES string of the molecule is COC(=O)NC(Cc1ccc(OC)cc1)C(N)=O. The Morgan fingerprint density at radius 2 is 1.89 bits per heavy atom. The summed E-state index contributed by atoms with van der Waals surface area (Å²) in [5.41, 5.74) is 6.07. The van der Waals surface area contributed by atoms with Gasteiger partial charge in [-0.15, -0.1) is 0 Å². The molecule has 6 nitrogen and oxygen atoms in total. The monoisotopic (exact) mass is 252 g/mol. The molecule has 6 heteroatoms. The van der Waals surface area contributed by atoms with Gasteiger partial charge in [0.05, 0.1) is 14.2 Å². The van der Waals surface area contributed by atoms with Gasteiger partial charge in [-0.05, 0) is 17.7 Å². The van der Waals surface area contributed by atoms with Crippen molar-refractivity contribution in [3.63, 3.8) is 0 Å². The van der Waals surface area contributed by atoms with Gasteiger partial charge in [0.1, 0.15) is 11.8 Å². The first-order valence-electron chi connectivity index (χ1n) is 5.33. The van der Waals surface area contributed by atoms with Crippen molar-refractivity contribution in [2.75, 3.05) is 14.2 Å². The lowest BCUT2D eigenvalue weighted by atomic mass is 10.1.